The van der Waals surface area contributed by atoms with Gasteiger partial charge in [-0.15, -0.1) is 0 Å². The van der Waals surface area contributed by atoms with Crippen LogP contribution in [0.3, 0.4) is 0 Å². The molecule has 1 rings (SSSR count). The third-order valence-corrected chi connectivity index (χ3v) is 2.91. The van der Waals surface area contributed by atoms with E-state index in [1.54, 1.807) is 0 Å². The molecule has 1 fully saturated rings. The van der Waals surface area contributed by atoms with Gasteiger partial charge in [0.05, 0.1) is 0 Å². The van der Waals surface area contributed by atoms with Crippen molar-refractivity contribution in [3.8, 4) is 0 Å². The summed E-state index contributed by atoms with van der Waals surface area (Å²) in [6.07, 6.45) is 1.35. The molecule has 1 aliphatic heterocycles. The van der Waals surface area contributed by atoms with Crippen LogP contribution >= 0.6 is 0 Å². The lowest BCUT2D eigenvalue weighted by Gasteiger charge is -2.24. The molecule has 2 atom stereocenters. The molecule has 1 heterocycles. The van der Waals surface area contributed by atoms with Gasteiger partial charge in [0.1, 0.15) is 0 Å². The lowest BCUT2D eigenvalue weighted by Crippen LogP contribution is -2.34. The minimum atomic E-state index is 0.717. The maximum atomic E-state index is 3.50. The molecule has 1 N–H and O–H groups in total. The van der Waals surface area contributed by atoms with Gasteiger partial charge in [-0.2, -0.15) is 0 Å². The van der Waals surface area contributed by atoms with E-state index < -0.39 is 0 Å². The van der Waals surface area contributed by atoms with Gasteiger partial charge < -0.3 is 10.2 Å². The first-order valence-corrected chi connectivity index (χ1v) is 5.51. The van der Waals surface area contributed by atoms with Crippen LogP contribution in [0.4, 0.5) is 0 Å². The van der Waals surface area contributed by atoms with Gasteiger partial charge in [0, 0.05) is 19.1 Å². The molecule has 0 radical (unpaired) electrons. The van der Waals surface area contributed by atoms with Crippen LogP contribution in [-0.4, -0.2) is 37.6 Å². The Morgan fingerprint density at radius 3 is 2.62 bits per heavy atom. The molecular formula is C11H24N2. The molecule has 13 heavy (non-hydrogen) atoms. The second-order valence-electron chi connectivity index (χ2n) is 4.91. The molecule has 78 valence electrons. The Balaban J connectivity index is 2.22. The van der Waals surface area contributed by atoms with Gasteiger partial charge >= 0.3 is 0 Å². The van der Waals surface area contributed by atoms with E-state index in [0.29, 0.717) is 0 Å². The monoisotopic (exact) mass is 184 g/mol. The first-order valence-electron chi connectivity index (χ1n) is 5.51. The molecule has 2 nitrogen and oxygen atoms in total. The van der Waals surface area contributed by atoms with Crippen molar-refractivity contribution in [3.05, 3.63) is 0 Å². The van der Waals surface area contributed by atoms with Crippen molar-refractivity contribution >= 4 is 0 Å². The molecule has 0 spiro atoms. The maximum Gasteiger partial charge on any atom is 0.00796 e. The zero-order valence-corrected chi connectivity index (χ0v) is 9.51. The Kier molecular flexibility index (Phi) is 4.20. The summed E-state index contributed by atoms with van der Waals surface area (Å²) in [7, 11) is 2.24. The highest BCUT2D eigenvalue weighted by molar-refractivity contribution is 4.81. The highest BCUT2D eigenvalue weighted by Gasteiger charge is 2.23. The SMILES string of the molecule is CC(C)CN(C)CC1CCNC1C. The quantitative estimate of drug-likeness (QED) is 0.713. The number of nitrogens with zero attached hydrogens (tertiary/aromatic N) is 1. The van der Waals surface area contributed by atoms with Crippen LogP contribution in [0, 0.1) is 11.8 Å². The van der Waals surface area contributed by atoms with Crippen LogP contribution in [0.25, 0.3) is 0 Å². The largest absolute Gasteiger partial charge is 0.314 e. The van der Waals surface area contributed by atoms with Gasteiger partial charge in [0.2, 0.25) is 0 Å². The molecule has 1 saturated heterocycles. The van der Waals surface area contributed by atoms with Crippen LogP contribution in [0.15, 0.2) is 0 Å². The van der Waals surface area contributed by atoms with E-state index in [-0.39, 0.29) is 0 Å². The molecule has 0 amide bonds. The van der Waals surface area contributed by atoms with Crippen LogP contribution in [0.5, 0.6) is 0 Å². The average molecular weight is 184 g/mol. The second-order valence-corrected chi connectivity index (χ2v) is 4.91. The van der Waals surface area contributed by atoms with Gasteiger partial charge in [-0.05, 0) is 38.8 Å². The summed E-state index contributed by atoms with van der Waals surface area (Å²) in [6.45, 7) is 10.6. The van der Waals surface area contributed by atoms with Gasteiger partial charge in [-0.3, -0.25) is 0 Å². The molecule has 1 aliphatic rings. The summed E-state index contributed by atoms with van der Waals surface area (Å²) in [5.74, 6) is 1.65. The van der Waals surface area contributed by atoms with Crippen LogP contribution in [0.2, 0.25) is 0 Å². The Labute approximate surface area is 82.7 Å². The summed E-state index contributed by atoms with van der Waals surface area (Å²) >= 11 is 0. The predicted octanol–water partition coefficient (Wildman–Crippen LogP) is 1.57. The molecule has 0 aromatic carbocycles. The van der Waals surface area contributed by atoms with Crippen LogP contribution in [0.1, 0.15) is 27.2 Å². The lowest BCUT2D eigenvalue weighted by atomic mass is 10.0. The van der Waals surface area contributed by atoms with E-state index >= 15 is 0 Å². The summed E-state index contributed by atoms with van der Waals surface area (Å²) in [5.41, 5.74) is 0. The summed E-state index contributed by atoms with van der Waals surface area (Å²) in [6, 6.07) is 0.717. The van der Waals surface area contributed by atoms with Crippen molar-refractivity contribution in [2.75, 3.05) is 26.7 Å². The molecule has 0 bridgehead atoms. The van der Waals surface area contributed by atoms with E-state index in [1.807, 2.05) is 0 Å². The van der Waals surface area contributed by atoms with Gasteiger partial charge in [-0.25, -0.2) is 0 Å². The first kappa shape index (κ1) is 11.0. The normalized spacial score (nSPS) is 29.1. The Morgan fingerprint density at radius 2 is 2.15 bits per heavy atom. The first-order chi connectivity index (χ1) is 6.09. The van der Waals surface area contributed by atoms with E-state index in [1.165, 1.54) is 26.1 Å². The van der Waals surface area contributed by atoms with Crippen molar-refractivity contribution in [1.29, 1.82) is 0 Å². The topological polar surface area (TPSA) is 15.3 Å². The molecule has 0 aliphatic carbocycles. The molecule has 0 aromatic heterocycles. The zero-order chi connectivity index (χ0) is 9.84. The second kappa shape index (κ2) is 4.97. The highest BCUT2D eigenvalue weighted by atomic mass is 15.1. The zero-order valence-electron chi connectivity index (χ0n) is 9.51. The van der Waals surface area contributed by atoms with Gasteiger partial charge in [0.15, 0.2) is 0 Å². The molecule has 0 aromatic rings. The Bertz CT molecular complexity index is 145. The van der Waals surface area contributed by atoms with E-state index in [4.69, 9.17) is 0 Å². The predicted molar refractivity (Wildman–Crippen MR) is 57.9 cm³/mol. The van der Waals surface area contributed by atoms with E-state index in [0.717, 1.165) is 17.9 Å². The van der Waals surface area contributed by atoms with Crippen molar-refractivity contribution in [2.45, 2.75) is 33.2 Å². The fraction of sp³-hybridized carbons (Fsp3) is 1.00. The lowest BCUT2D eigenvalue weighted by molar-refractivity contribution is 0.242. The minimum Gasteiger partial charge on any atom is -0.314 e. The van der Waals surface area contributed by atoms with Crippen LogP contribution < -0.4 is 5.32 Å². The summed E-state index contributed by atoms with van der Waals surface area (Å²) in [5, 5.41) is 3.50. The van der Waals surface area contributed by atoms with Crippen molar-refractivity contribution < 1.29 is 0 Å². The fourth-order valence-corrected chi connectivity index (χ4v) is 2.26. The summed E-state index contributed by atoms with van der Waals surface area (Å²) in [4.78, 5) is 2.47. The molecule has 2 heteroatoms. The highest BCUT2D eigenvalue weighted by Crippen LogP contribution is 2.16. The fourth-order valence-electron chi connectivity index (χ4n) is 2.26. The smallest absolute Gasteiger partial charge is 0.00796 e. The number of hydrogen-bond donors (Lipinski definition) is 1. The van der Waals surface area contributed by atoms with Crippen molar-refractivity contribution in [1.82, 2.24) is 10.2 Å². The number of nitrogens with one attached hydrogen (secondary N) is 1. The number of hydrogen-bond acceptors (Lipinski definition) is 2. The molecule has 2 unspecified atom stereocenters. The number of rotatable bonds is 4. The summed E-state index contributed by atoms with van der Waals surface area (Å²) < 4.78 is 0. The van der Waals surface area contributed by atoms with E-state index in [9.17, 15) is 0 Å². The minimum absolute atomic E-state index is 0.717. The Hall–Kier alpha value is -0.0800. The third-order valence-electron chi connectivity index (χ3n) is 2.91. The van der Waals surface area contributed by atoms with Gasteiger partial charge in [-0.1, -0.05) is 13.8 Å². The molecule has 0 saturated carbocycles. The maximum absolute atomic E-state index is 3.50. The standard InChI is InChI=1S/C11H24N2/c1-9(2)7-13(4)8-11-5-6-12-10(11)3/h9-12H,5-8H2,1-4H3. The molecular weight excluding hydrogens is 160 g/mol. The van der Waals surface area contributed by atoms with Crippen molar-refractivity contribution in [2.24, 2.45) is 11.8 Å². The van der Waals surface area contributed by atoms with E-state index in [2.05, 4.69) is 38.0 Å². The average Bonchev–Trinajstić information content (AvgIpc) is 2.34. The van der Waals surface area contributed by atoms with Crippen LogP contribution in [-0.2, 0) is 0 Å². The van der Waals surface area contributed by atoms with Crippen molar-refractivity contribution in [3.63, 3.8) is 0 Å². The Morgan fingerprint density at radius 1 is 1.46 bits per heavy atom. The van der Waals surface area contributed by atoms with Gasteiger partial charge in [0.25, 0.3) is 0 Å². The third kappa shape index (κ3) is 3.65.